The number of likely N-dealkylation sites (N-methyl/N-ethyl adjacent to an activating group) is 1. The molecule has 0 spiro atoms. The molecule has 1 N–H and O–H groups in total. The number of fused-ring (bicyclic) bond motifs is 1. The smallest absolute Gasteiger partial charge is 0.339 e. The van der Waals surface area contributed by atoms with Crippen molar-refractivity contribution in [2.45, 2.75) is 25.1 Å². The molecule has 1 saturated heterocycles. The maximum atomic E-state index is 12.8. The highest BCUT2D eigenvalue weighted by Gasteiger charge is 2.31. The molecular weight excluding hydrogens is 379 g/mol. The van der Waals surface area contributed by atoms with Crippen molar-refractivity contribution in [2.24, 2.45) is 0 Å². The predicted molar refractivity (Wildman–Crippen MR) is 94.6 cm³/mol. The number of nitrogens with zero attached hydrogens (tertiary/aromatic N) is 4. The van der Waals surface area contributed by atoms with Crippen molar-refractivity contribution >= 4 is 21.6 Å². The lowest BCUT2D eigenvalue weighted by molar-refractivity contribution is -0.137. The summed E-state index contributed by atoms with van der Waals surface area (Å²) in [6, 6.07) is 3.73. The molecule has 1 aliphatic rings. The minimum absolute atomic E-state index is 0.0829. The summed E-state index contributed by atoms with van der Waals surface area (Å²) in [5.41, 5.74) is -0.315. The summed E-state index contributed by atoms with van der Waals surface area (Å²) in [5.74, 6) is 1.16. The second-order valence-electron chi connectivity index (χ2n) is 6.53. The normalized spacial score (nSPS) is 19.0. The van der Waals surface area contributed by atoms with E-state index in [0.717, 1.165) is 41.5 Å². The Morgan fingerprint density at radius 3 is 2.93 bits per heavy atom. The minimum Gasteiger partial charge on any atom is -0.339 e. The molecule has 3 aromatic rings. The number of aromatic nitrogens is 3. The van der Waals surface area contributed by atoms with Crippen LogP contribution in [0.4, 0.5) is 13.2 Å². The number of halogens is 3. The lowest BCUT2D eigenvalue weighted by Gasteiger charge is -2.30. The van der Waals surface area contributed by atoms with E-state index in [1.807, 2.05) is 7.05 Å². The fraction of sp³-hybridized carbons (Fsp3) is 0.471. The van der Waals surface area contributed by atoms with E-state index < -0.39 is 11.7 Å². The lowest BCUT2D eigenvalue weighted by Crippen LogP contribution is -2.44. The summed E-state index contributed by atoms with van der Waals surface area (Å²) in [6.45, 7) is 2.63. The van der Waals surface area contributed by atoms with E-state index in [1.165, 1.54) is 17.4 Å². The number of alkyl halides is 3. The highest BCUT2D eigenvalue weighted by Crippen LogP contribution is 2.33. The van der Waals surface area contributed by atoms with Crippen LogP contribution in [0.5, 0.6) is 0 Å². The van der Waals surface area contributed by atoms with Crippen LogP contribution in [0, 0.1) is 0 Å². The van der Waals surface area contributed by atoms with Crippen molar-refractivity contribution in [2.75, 3.05) is 26.7 Å². The van der Waals surface area contributed by atoms with Crippen LogP contribution in [0.25, 0.3) is 10.2 Å². The fourth-order valence-electron chi connectivity index (χ4n) is 3.07. The molecule has 1 aliphatic heterocycles. The minimum atomic E-state index is -4.36. The van der Waals surface area contributed by atoms with E-state index in [1.54, 1.807) is 0 Å². The van der Waals surface area contributed by atoms with Crippen molar-refractivity contribution in [3.63, 3.8) is 0 Å². The second kappa shape index (κ2) is 7.17. The second-order valence-corrected chi connectivity index (χ2v) is 7.65. The molecule has 0 saturated carbocycles. The Morgan fingerprint density at radius 2 is 2.15 bits per heavy atom. The molecule has 0 bridgehead atoms. The highest BCUT2D eigenvalue weighted by atomic mass is 32.1. The van der Waals surface area contributed by atoms with Gasteiger partial charge in [0.2, 0.25) is 5.89 Å². The molecule has 1 unspecified atom stereocenters. The molecule has 4 rings (SSSR count). The molecule has 6 nitrogen and oxygen atoms in total. The van der Waals surface area contributed by atoms with Gasteiger partial charge in [-0.2, -0.15) is 18.2 Å². The number of thiazole rings is 1. The third-order valence-corrected chi connectivity index (χ3v) is 5.70. The SMILES string of the molecule is CN1CCNCC1c1noc(CCc2nc3cc(C(F)(F)F)ccc3s2)n1. The first kappa shape index (κ1) is 18.3. The van der Waals surface area contributed by atoms with Crippen LogP contribution in [0.15, 0.2) is 22.7 Å². The van der Waals surface area contributed by atoms with E-state index in [-0.39, 0.29) is 6.04 Å². The number of nitrogens with one attached hydrogen (secondary N) is 1. The number of hydrogen-bond acceptors (Lipinski definition) is 7. The number of rotatable bonds is 4. The van der Waals surface area contributed by atoms with E-state index in [4.69, 9.17) is 4.52 Å². The van der Waals surface area contributed by atoms with Crippen LogP contribution in [0.2, 0.25) is 0 Å². The molecular formula is C17H18F3N5OS. The summed E-state index contributed by atoms with van der Waals surface area (Å²) in [6.07, 6.45) is -3.32. The van der Waals surface area contributed by atoms with E-state index in [2.05, 4.69) is 25.3 Å². The van der Waals surface area contributed by atoms with Gasteiger partial charge < -0.3 is 9.84 Å². The molecule has 1 fully saturated rings. The van der Waals surface area contributed by atoms with E-state index in [0.29, 0.717) is 30.1 Å². The van der Waals surface area contributed by atoms with Gasteiger partial charge in [-0.05, 0) is 25.2 Å². The first-order valence-electron chi connectivity index (χ1n) is 8.60. The maximum Gasteiger partial charge on any atom is 0.416 e. The number of aryl methyl sites for hydroxylation is 2. The molecule has 3 heterocycles. The molecule has 0 amide bonds. The third kappa shape index (κ3) is 3.97. The van der Waals surface area contributed by atoms with Crippen LogP contribution in [0.3, 0.4) is 0 Å². The number of piperazine rings is 1. The molecule has 10 heteroatoms. The summed E-state index contributed by atoms with van der Waals surface area (Å²) in [4.78, 5) is 11.0. The fourth-order valence-corrected chi connectivity index (χ4v) is 4.02. The van der Waals surface area contributed by atoms with Gasteiger partial charge in [0.25, 0.3) is 0 Å². The molecule has 27 heavy (non-hydrogen) atoms. The van der Waals surface area contributed by atoms with Crippen LogP contribution in [-0.4, -0.2) is 46.7 Å². The maximum absolute atomic E-state index is 12.8. The zero-order chi connectivity index (χ0) is 19.0. The monoisotopic (exact) mass is 397 g/mol. The summed E-state index contributed by atoms with van der Waals surface area (Å²) in [7, 11) is 2.03. The molecule has 1 aromatic carbocycles. The molecule has 0 radical (unpaired) electrons. The van der Waals surface area contributed by atoms with Gasteiger partial charge in [0.15, 0.2) is 5.82 Å². The van der Waals surface area contributed by atoms with Crippen molar-refractivity contribution in [1.29, 1.82) is 0 Å². The van der Waals surface area contributed by atoms with Gasteiger partial charge in [-0.15, -0.1) is 11.3 Å². The van der Waals surface area contributed by atoms with Gasteiger partial charge in [-0.1, -0.05) is 5.16 Å². The highest BCUT2D eigenvalue weighted by molar-refractivity contribution is 7.18. The zero-order valence-corrected chi connectivity index (χ0v) is 15.4. The Labute approximate surface area is 157 Å². The van der Waals surface area contributed by atoms with Gasteiger partial charge in [0, 0.05) is 32.5 Å². The average Bonchev–Trinajstić information content (AvgIpc) is 3.25. The van der Waals surface area contributed by atoms with Gasteiger partial charge >= 0.3 is 6.18 Å². The standard InChI is InChI=1S/C17H18F3N5OS/c1-25-7-6-21-9-12(25)16-23-14(26-24-16)4-5-15-22-11-8-10(17(18,19)20)2-3-13(11)27-15/h2-3,8,12,21H,4-7,9H2,1H3. The summed E-state index contributed by atoms with van der Waals surface area (Å²) >= 11 is 1.38. The third-order valence-electron chi connectivity index (χ3n) is 4.60. The Kier molecular flexibility index (Phi) is 4.87. The van der Waals surface area contributed by atoms with Crippen LogP contribution >= 0.6 is 11.3 Å². The summed E-state index contributed by atoms with van der Waals surface area (Å²) in [5, 5.41) is 8.13. The lowest BCUT2D eigenvalue weighted by atomic mass is 10.2. The molecule has 0 aliphatic carbocycles. The van der Waals surface area contributed by atoms with Gasteiger partial charge in [0.1, 0.15) is 0 Å². The predicted octanol–water partition coefficient (Wildman–Crippen LogP) is 3.06. The van der Waals surface area contributed by atoms with Crippen molar-refractivity contribution < 1.29 is 17.7 Å². The Morgan fingerprint density at radius 1 is 1.30 bits per heavy atom. The topological polar surface area (TPSA) is 67.1 Å². The van der Waals surface area contributed by atoms with E-state index >= 15 is 0 Å². The zero-order valence-electron chi connectivity index (χ0n) is 14.6. The number of hydrogen-bond donors (Lipinski definition) is 1. The first-order valence-corrected chi connectivity index (χ1v) is 9.42. The van der Waals surface area contributed by atoms with E-state index in [9.17, 15) is 13.2 Å². The Hall–Kier alpha value is -2.04. The first-order chi connectivity index (χ1) is 12.9. The van der Waals surface area contributed by atoms with Crippen LogP contribution < -0.4 is 5.32 Å². The molecule has 1 atom stereocenters. The summed E-state index contributed by atoms with van der Waals surface area (Å²) < 4.78 is 44.5. The Balaban J connectivity index is 1.44. The largest absolute Gasteiger partial charge is 0.416 e. The van der Waals surface area contributed by atoms with Crippen LogP contribution in [-0.2, 0) is 19.0 Å². The van der Waals surface area contributed by atoms with Crippen molar-refractivity contribution in [3.8, 4) is 0 Å². The number of benzene rings is 1. The van der Waals surface area contributed by atoms with Gasteiger partial charge in [-0.3, -0.25) is 4.90 Å². The Bertz CT molecular complexity index is 938. The molecule has 2 aromatic heterocycles. The van der Waals surface area contributed by atoms with Crippen molar-refractivity contribution in [1.82, 2.24) is 25.3 Å². The van der Waals surface area contributed by atoms with Crippen LogP contribution in [0.1, 0.15) is 28.3 Å². The van der Waals surface area contributed by atoms with Gasteiger partial charge in [-0.25, -0.2) is 4.98 Å². The average molecular weight is 397 g/mol. The van der Waals surface area contributed by atoms with Crippen molar-refractivity contribution in [3.05, 3.63) is 40.5 Å². The van der Waals surface area contributed by atoms with Gasteiger partial charge in [0.05, 0.1) is 26.8 Å². The molecule has 144 valence electrons. The quantitative estimate of drug-likeness (QED) is 0.730.